The molecule has 2 amide bonds. The first kappa shape index (κ1) is 24.2. The molecule has 2 aromatic carbocycles. The van der Waals surface area contributed by atoms with Gasteiger partial charge in [0.1, 0.15) is 17.6 Å². The SMILES string of the molecule is CCc1ccc(OCC(=O)N(Cc2ccccc2F)[C@H](C)C(=O)NC2CCCC2)c(Br)c1. The zero-order valence-electron chi connectivity index (χ0n) is 18.6. The second kappa shape index (κ2) is 11.5. The largest absolute Gasteiger partial charge is 0.483 e. The minimum Gasteiger partial charge on any atom is -0.483 e. The third-order valence-corrected chi connectivity index (χ3v) is 6.54. The maximum atomic E-state index is 14.3. The molecule has 0 aromatic heterocycles. The van der Waals surface area contributed by atoms with E-state index in [0.29, 0.717) is 11.3 Å². The third-order valence-electron chi connectivity index (χ3n) is 5.92. The van der Waals surface area contributed by atoms with Crippen LogP contribution in [0.3, 0.4) is 0 Å². The number of nitrogens with zero attached hydrogens (tertiary/aromatic N) is 1. The number of hydrogen-bond donors (Lipinski definition) is 1. The predicted molar refractivity (Wildman–Crippen MR) is 126 cm³/mol. The van der Waals surface area contributed by atoms with Crippen molar-refractivity contribution in [1.29, 1.82) is 0 Å². The molecule has 172 valence electrons. The Morgan fingerprint density at radius 2 is 1.94 bits per heavy atom. The van der Waals surface area contributed by atoms with Gasteiger partial charge in [0.25, 0.3) is 5.91 Å². The summed E-state index contributed by atoms with van der Waals surface area (Å²) in [6, 6.07) is 11.4. The lowest BCUT2D eigenvalue weighted by Crippen LogP contribution is -2.50. The topological polar surface area (TPSA) is 58.6 Å². The maximum absolute atomic E-state index is 14.3. The van der Waals surface area contributed by atoms with Crippen LogP contribution in [0.15, 0.2) is 46.9 Å². The molecule has 0 heterocycles. The van der Waals surface area contributed by atoms with Crippen molar-refractivity contribution < 1.29 is 18.7 Å². The number of carbonyl (C=O) groups excluding carboxylic acids is 2. The fourth-order valence-electron chi connectivity index (χ4n) is 3.89. The van der Waals surface area contributed by atoms with Crippen LogP contribution in [-0.2, 0) is 22.6 Å². The standard InChI is InChI=1S/C25H30BrFN2O3/c1-3-18-12-13-23(21(26)14-18)32-16-24(30)29(15-19-8-4-7-11-22(19)27)17(2)25(31)28-20-9-5-6-10-20/h4,7-8,11-14,17,20H,3,5-6,9-10,15-16H2,1-2H3,(H,28,31)/t17-/m1/s1. The number of halogens is 2. The lowest BCUT2D eigenvalue weighted by Gasteiger charge is -2.29. The number of hydrogen-bond acceptors (Lipinski definition) is 3. The van der Waals surface area contributed by atoms with E-state index in [0.717, 1.165) is 42.1 Å². The quantitative estimate of drug-likeness (QED) is 0.522. The molecule has 0 bridgehead atoms. The average molecular weight is 505 g/mol. The Kier molecular flexibility index (Phi) is 8.67. The van der Waals surface area contributed by atoms with Crippen LogP contribution >= 0.6 is 15.9 Å². The molecule has 3 rings (SSSR count). The van der Waals surface area contributed by atoms with Gasteiger partial charge in [-0.3, -0.25) is 9.59 Å². The molecule has 0 unspecified atom stereocenters. The summed E-state index contributed by atoms with van der Waals surface area (Å²) in [6.07, 6.45) is 4.98. The van der Waals surface area contributed by atoms with Gasteiger partial charge in [-0.25, -0.2) is 4.39 Å². The molecule has 1 fully saturated rings. The van der Waals surface area contributed by atoms with Crippen molar-refractivity contribution in [3.8, 4) is 5.75 Å². The minimum absolute atomic E-state index is 0.00986. The molecule has 1 aliphatic carbocycles. The molecule has 1 aliphatic rings. The van der Waals surface area contributed by atoms with Gasteiger partial charge in [0, 0.05) is 18.2 Å². The van der Waals surface area contributed by atoms with Crippen molar-refractivity contribution in [2.24, 2.45) is 0 Å². The van der Waals surface area contributed by atoms with Crippen molar-refractivity contribution in [1.82, 2.24) is 10.2 Å². The van der Waals surface area contributed by atoms with E-state index in [1.165, 1.54) is 11.0 Å². The molecule has 0 spiro atoms. The van der Waals surface area contributed by atoms with Gasteiger partial charge in [-0.15, -0.1) is 0 Å². The highest BCUT2D eigenvalue weighted by molar-refractivity contribution is 9.10. The Labute approximate surface area is 197 Å². The van der Waals surface area contributed by atoms with Crippen LogP contribution in [0, 0.1) is 5.82 Å². The zero-order chi connectivity index (χ0) is 23.1. The van der Waals surface area contributed by atoms with Crippen LogP contribution < -0.4 is 10.1 Å². The van der Waals surface area contributed by atoms with Gasteiger partial charge in [-0.05, 0) is 65.9 Å². The van der Waals surface area contributed by atoms with Crippen LogP contribution in [0.25, 0.3) is 0 Å². The molecule has 0 aliphatic heterocycles. The summed E-state index contributed by atoms with van der Waals surface area (Å²) in [5.41, 5.74) is 1.50. The van der Waals surface area contributed by atoms with E-state index in [9.17, 15) is 14.0 Å². The maximum Gasteiger partial charge on any atom is 0.261 e. The number of carbonyl (C=O) groups is 2. The highest BCUT2D eigenvalue weighted by Crippen LogP contribution is 2.26. The van der Waals surface area contributed by atoms with Gasteiger partial charge in [0.15, 0.2) is 6.61 Å². The third kappa shape index (κ3) is 6.31. The smallest absolute Gasteiger partial charge is 0.261 e. The lowest BCUT2D eigenvalue weighted by atomic mass is 10.1. The number of ether oxygens (including phenoxy) is 1. The highest BCUT2D eigenvalue weighted by Gasteiger charge is 2.29. The van der Waals surface area contributed by atoms with Gasteiger partial charge in [0.05, 0.1) is 4.47 Å². The van der Waals surface area contributed by atoms with E-state index in [4.69, 9.17) is 4.74 Å². The van der Waals surface area contributed by atoms with Crippen LogP contribution in [0.4, 0.5) is 4.39 Å². The zero-order valence-corrected chi connectivity index (χ0v) is 20.2. The number of amides is 2. The van der Waals surface area contributed by atoms with E-state index >= 15 is 0 Å². The minimum atomic E-state index is -0.753. The summed E-state index contributed by atoms with van der Waals surface area (Å²) in [5.74, 6) is -0.471. The first-order valence-electron chi connectivity index (χ1n) is 11.1. The molecule has 2 aromatic rings. The van der Waals surface area contributed by atoms with Crippen LogP contribution in [0.1, 0.15) is 50.7 Å². The molecule has 7 heteroatoms. The molecule has 1 saturated carbocycles. The number of aryl methyl sites for hydroxylation is 1. The van der Waals surface area contributed by atoms with Gasteiger partial charge in [0.2, 0.25) is 5.91 Å². The second-order valence-corrected chi connectivity index (χ2v) is 9.04. The summed E-state index contributed by atoms with van der Waals surface area (Å²) < 4.78 is 20.8. The highest BCUT2D eigenvalue weighted by atomic mass is 79.9. The summed E-state index contributed by atoms with van der Waals surface area (Å²) in [5, 5.41) is 3.04. The van der Waals surface area contributed by atoms with Crippen LogP contribution in [0.2, 0.25) is 0 Å². The number of rotatable bonds is 9. The van der Waals surface area contributed by atoms with Gasteiger partial charge in [-0.2, -0.15) is 0 Å². The van der Waals surface area contributed by atoms with Gasteiger partial charge < -0.3 is 15.0 Å². The van der Waals surface area contributed by atoms with E-state index < -0.39 is 11.9 Å². The Bertz CT molecular complexity index is 947. The molecule has 1 N–H and O–H groups in total. The summed E-state index contributed by atoms with van der Waals surface area (Å²) in [4.78, 5) is 27.4. The Balaban J connectivity index is 1.73. The van der Waals surface area contributed by atoms with Crippen molar-refractivity contribution in [3.05, 3.63) is 63.9 Å². The first-order valence-corrected chi connectivity index (χ1v) is 11.9. The molecule has 32 heavy (non-hydrogen) atoms. The van der Waals surface area contributed by atoms with Gasteiger partial charge in [-0.1, -0.05) is 44.0 Å². The summed E-state index contributed by atoms with van der Waals surface area (Å²) in [7, 11) is 0. The van der Waals surface area contributed by atoms with Crippen LogP contribution in [-0.4, -0.2) is 35.4 Å². The second-order valence-electron chi connectivity index (χ2n) is 8.19. The summed E-state index contributed by atoms with van der Waals surface area (Å²) >= 11 is 3.48. The Hall–Kier alpha value is -2.41. The Morgan fingerprint density at radius 3 is 2.59 bits per heavy atom. The van der Waals surface area contributed by atoms with E-state index in [-0.39, 0.29) is 31.0 Å². The van der Waals surface area contributed by atoms with E-state index in [1.54, 1.807) is 25.1 Å². The molecular weight excluding hydrogens is 475 g/mol. The molecule has 0 saturated heterocycles. The normalized spacial score (nSPS) is 14.8. The predicted octanol–water partition coefficient (Wildman–Crippen LogP) is 5.01. The van der Waals surface area contributed by atoms with Gasteiger partial charge >= 0.3 is 0 Å². The molecular formula is C25H30BrFN2O3. The van der Waals surface area contributed by atoms with Crippen molar-refractivity contribution in [2.45, 2.75) is 64.6 Å². The van der Waals surface area contributed by atoms with Crippen molar-refractivity contribution in [2.75, 3.05) is 6.61 Å². The van der Waals surface area contributed by atoms with E-state index in [1.807, 2.05) is 18.2 Å². The fraction of sp³-hybridized carbons (Fsp3) is 0.440. The fourth-order valence-corrected chi connectivity index (χ4v) is 4.43. The molecule has 5 nitrogen and oxygen atoms in total. The Morgan fingerprint density at radius 1 is 1.22 bits per heavy atom. The lowest BCUT2D eigenvalue weighted by molar-refractivity contribution is -0.142. The first-order chi connectivity index (χ1) is 15.4. The number of nitrogens with one attached hydrogen (secondary N) is 1. The van der Waals surface area contributed by atoms with Crippen molar-refractivity contribution >= 4 is 27.7 Å². The van der Waals surface area contributed by atoms with E-state index in [2.05, 4.69) is 28.2 Å². The molecule has 0 radical (unpaired) electrons. The van der Waals surface area contributed by atoms with Crippen LogP contribution in [0.5, 0.6) is 5.75 Å². The monoisotopic (exact) mass is 504 g/mol. The van der Waals surface area contributed by atoms with Crippen molar-refractivity contribution in [3.63, 3.8) is 0 Å². The molecule has 1 atom stereocenters. The number of benzene rings is 2. The summed E-state index contributed by atoms with van der Waals surface area (Å²) in [6.45, 7) is 3.48. The average Bonchev–Trinajstić information content (AvgIpc) is 3.30.